The zero-order chi connectivity index (χ0) is 28.1. The minimum absolute atomic E-state index is 0.0364. The Morgan fingerprint density at radius 1 is 1.15 bits per heavy atom. The van der Waals surface area contributed by atoms with E-state index >= 15 is 0 Å². The van der Waals surface area contributed by atoms with Crippen LogP contribution in [-0.4, -0.2) is 72.4 Å². The van der Waals surface area contributed by atoms with Crippen LogP contribution in [-0.2, 0) is 16.1 Å². The van der Waals surface area contributed by atoms with Crippen molar-refractivity contribution in [1.29, 1.82) is 0 Å². The zero-order valence-electron chi connectivity index (χ0n) is 22.4. The lowest BCUT2D eigenvalue weighted by Crippen LogP contribution is -2.45. The summed E-state index contributed by atoms with van der Waals surface area (Å²) in [5, 5.41) is 2.85. The van der Waals surface area contributed by atoms with Crippen LogP contribution < -0.4 is 14.8 Å². The minimum Gasteiger partial charge on any atom is -0.489 e. The van der Waals surface area contributed by atoms with E-state index in [1.54, 1.807) is 56.3 Å². The Bertz CT molecular complexity index is 1200. The molecular formula is C28H34F2N4O5. The van der Waals surface area contributed by atoms with Gasteiger partial charge in [0.1, 0.15) is 11.7 Å². The number of benzene rings is 1. The molecule has 3 amide bonds. The van der Waals surface area contributed by atoms with E-state index in [1.807, 2.05) is 0 Å². The summed E-state index contributed by atoms with van der Waals surface area (Å²) in [6.45, 7) is -0.405. The van der Waals surface area contributed by atoms with Gasteiger partial charge in [0, 0.05) is 33.0 Å². The highest BCUT2D eigenvalue weighted by atomic mass is 19.3. The number of nitrogens with one attached hydrogen (secondary N) is 1. The summed E-state index contributed by atoms with van der Waals surface area (Å²) in [7, 11) is 3.27. The lowest BCUT2D eigenvalue weighted by molar-refractivity contribution is -0.138. The van der Waals surface area contributed by atoms with E-state index in [9.17, 15) is 23.2 Å². The maximum atomic E-state index is 13.2. The molecule has 1 aliphatic heterocycles. The monoisotopic (exact) mass is 544 g/mol. The van der Waals surface area contributed by atoms with Gasteiger partial charge < -0.3 is 24.6 Å². The first kappa shape index (κ1) is 28.3. The van der Waals surface area contributed by atoms with Crippen molar-refractivity contribution in [2.24, 2.45) is 5.92 Å². The molecule has 2 aromatic rings. The standard InChI is InChI=1S/C28H34F2N4O5/c1-4-25(35)34-15-19(18-10-11-23(39-28(29)30)24(13-18)38-16-17-8-9-17)12-22(34)26(36)31-14-20-6-5-7-21(32-20)27(37)33(2)3/h5-7,10-11,13,17,19,22,28H,4,8-9,12,14-16H2,1-3H3,(H,31,36)/t19?,22-/m1/s1. The first-order chi connectivity index (χ1) is 18.7. The predicted molar refractivity (Wildman–Crippen MR) is 139 cm³/mol. The van der Waals surface area contributed by atoms with Gasteiger partial charge in [-0.15, -0.1) is 0 Å². The largest absolute Gasteiger partial charge is 0.489 e. The fourth-order valence-corrected chi connectivity index (χ4v) is 4.60. The van der Waals surface area contributed by atoms with Crippen molar-refractivity contribution in [1.82, 2.24) is 20.1 Å². The van der Waals surface area contributed by atoms with Gasteiger partial charge in [-0.1, -0.05) is 19.1 Å². The van der Waals surface area contributed by atoms with Gasteiger partial charge in [-0.2, -0.15) is 8.78 Å². The average Bonchev–Trinajstić information content (AvgIpc) is 3.65. The molecule has 0 radical (unpaired) electrons. The number of amides is 3. The number of carbonyl (C=O) groups excluding carboxylic acids is 3. The quantitative estimate of drug-likeness (QED) is 0.464. The van der Waals surface area contributed by atoms with Crippen LogP contribution >= 0.6 is 0 Å². The third-order valence-electron chi connectivity index (χ3n) is 6.93. The Labute approximate surface area is 226 Å². The molecule has 1 unspecified atom stereocenters. The van der Waals surface area contributed by atoms with Crippen molar-refractivity contribution in [3.63, 3.8) is 0 Å². The van der Waals surface area contributed by atoms with Gasteiger partial charge in [-0.05, 0) is 55.0 Å². The van der Waals surface area contributed by atoms with E-state index in [1.165, 1.54) is 11.0 Å². The molecule has 2 aliphatic rings. The molecule has 210 valence electrons. The zero-order valence-corrected chi connectivity index (χ0v) is 22.4. The summed E-state index contributed by atoms with van der Waals surface area (Å²) in [5.41, 5.74) is 1.57. The van der Waals surface area contributed by atoms with Crippen molar-refractivity contribution < 1.29 is 32.6 Å². The number of ether oxygens (including phenoxy) is 2. The molecule has 4 rings (SSSR count). The molecule has 2 heterocycles. The number of aromatic nitrogens is 1. The molecular weight excluding hydrogens is 510 g/mol. The van der Waals surface area contributed by atoms with E-state index in [4.69, 9.17) is 4.74 Å². The molecule has 1 aromatic heterocycles. The van der Waals surface area contributed by atoms with Crippen molar-refractivity contribution in [2.75, 3.05) is 27.2 Å². The maximum absolute atomic E-state index is 13.2. The highest BCUT2D eigenvalue weighted by Gasteiger charge is 2.40. The van der Waals surface area contributed by atoms with Gasteiger partial charge in [0.15, 0.2) is 11.5 Å². The summed E-state index contributed by atoms with van der Waals surface area (Å²) < 4.78 is 36.3. The molecule has 1 aromatic carbocycles. The van der Waals surface area contributed by atoms with Crippen LogP contribution in [0.25, 0.3) is 0 Å². The molecule has 1 N–H and O–H groups in total. The molecule has 1 saturated carbocycles. The molecule has 0 bridgehead atoms. The van der Waals surface area contributed by atoms with Crippen molar-refractivity contribution in [3.05, 3.63) is 53.3 Å². The first-order valence-corrected chi connectivity index (χ1v) is 13.1. The lowest BCUT2D eigenvalue weighted by Gasteiger charge is -2.23. The topological polar surface area (TPSA) is 101 Å². The highest BCUT2D eigenvalue weighted by Crippen LogP contribution is 2.39. The van der Waals surface area contributed by atoms with E-state index in [-0.39, 0.29) is 53.8 Å². The molecule has 1 aliphatic carbocycles. The van der Waals surface area contributed by atoms with Gasteiger partial charge in [0.2, 0.25) is 11.8 Å². The van der Waals surface area contributed by atoms with Crippen LogP contribution in [0.4, 0.5) is 8.78 Å². The number of hydrogen-bond acceptors (Lipinski definition) is 6. The fraction of sp³-hybridized carbons (Fsp3) is 0.500. The maximum Gasteiger partial charge on any atom is 0.387 e. The predicted octanol–water partition coefficient (Wildman–Crippen LogP) is 3.58. The van der Waals surface area contributed by atoms with E-state index < -0.39 is 12.7 Å². The minimum atomic E-state index is -2.98. The molecule has 9 nitrogen and oxygen atoms in total. The van der Waals surface area contributed by atoms with E-state index in [0.717, 1.165) is 18.4 Å². The number of carbonyl (C=O) groups is 3. The second-order valence-corrected chi connectivity index (χ2v) is 10.1. The molecule has 39 heavy (non-hydrogen) atoms. The Morgan fingerprint density at radius 3 is 2.59 bits per heavy atom. The molecule has 2 fully saturated rings. The van der Waals surface area contributed by atoms with Crippen molar-refractivity contribution >= 4 is 17.7 Å². The van der Waals surface area contributed by atoms with Crippen LogP contribution in [0.15, 0.2) is 36.4 Å². The number of hydrogen-bond donors (Lipinski definition) is 1. The molecule has 2 atom stereocenters. The van der Waals surface area contributed by atoms with E-state index in [0.29, 0.717) is 31.2 Å². The number of likely N-dealkylation sites (tertiary alicyclic amines) is 1. The van der Waals surface area contributed by atoms with Gasteiger partial charge >= 0.3 is 6.61 Å². The number of halogens is 2. The second kappa shape index (κ2) is 12.4. The molecule has 11 heteroatoms. The van der Waals surface area contributed by atoms with Gasteiger partial charge in [0.25, 0.3) is 5.91 Å². The number of nitrogens with zero attached hydrogens (tertiary/aromatic N) is 3. The molecule has 1 saturated heterocycles. The van der Waals surface area contributed by atoms with Crippen LogP contribution in [0, 0.1) is 5.92 Å². The van der Waals surface area contributed by atoms with Gasteiger partial charge in [-0.3, -0.25) is 14.4 Å². The second-order valence-electron chi connectivity index (χ2n) is 10.1. The fourth-order valence-electron chi connectivity index (χ4n) is 4.60. The summed E-state index contributed by atoms with van der Waals surface area (Å²) in [6, 6.07) is 9.13. The Morgan fingerprint density at radius 2 is 1.92 bits per heavy atom. The summed E-state index contributed by atoms with van der Waals surface area (Å²) in [5.74, 6) is -0.303. The van der Waals surface area contributed by atoms with Crippen molar-refractivity contribution in [3.8, 4) is 11.5 Å². The number of pyridine rings is 1. The number of alkyl halides is 2. The third kappa shape index (κ3) is 7.21. The number of rotatable bonds is 11. The summed E-state index contributed by atoms with van der Waals surface area (Å²) in [4.78, 5) is 45.5. The summed E-state index contributed by atoms with van der Waals surface area (Å²) >= 11 is 0. The van der Waals surface area contributed by atoms with E-state index in [2.05, 4.69) is 15.0 Å². The highest BCUT2D eigenvalue weighted by molar-refractivity contribution is 5.92. The van der Waals surface area contributed by atoms with Crippen LogP contribution in [0.2, 0.25) is 0 Å². The summed E-state index contributed by atoms with van der Waals surface area (Å²) in [6.07, 6.45) is 2.69. The first-order valence-electron chi connectivity index (χ1n) is 13.1. The SMILES string of the molecule is CCC(=O)N1CC(c2ccc(OC(F)F)c(OCC3CC3)c2)C[C@@H]1C(=O)NCc1cccc(C(=O)N(C)C)n1. The smallest absolute Gasteiger partial charge is 0.387 e. The average molecular weight is 545 g/mol. The normalized spacial score (nSPS) is 18.7. The molecule has 0 spiro atoms. The van der Waals surface area contributed by atoms with Crippen molar-refractivity contribution in [2.45, 2.75) is 57.7 Å². The van der Waals surface area contributed by atoms with Crippen LogP contribution in [0.1, 0.15) is 60.3 Å². The Balaban J connectivity index is 1.48. The lowest BCUT2D eigenvalue weighted by atomic mass is 9.95. The van der Waals surface area contributed by atoms with Gasteiger partial charge in [-0.25, -0.2) is 4.98 Å². The van der Waals surface area contributed by atoms with Gasteiger partial charge in [0.05, 0.1) is 18.8 Å². The van der Waals surface area contributed by atoms with Crippen LogP contribution in [0.3, 0.4) is 0 Å². The third-order valence-corrected chi connectivity index (χ3v) is 6.93. The Kier molecular flexibility index (Phi) is 8.98. The Hall–Kier alpha value is -3.76. The van der Waals surface area contributed by atoms with Crippen LogP contribution in [0.5, 0.6) is 11.5 Å².